The van der Waals surface area contributed by atoms with Gasteiger partial charge in [-0.25, -0.2) is 9.59 Å². The predicted molar refractivity (Wildman–Crippen MR) is 83.8 cm³/mol. The Hall–Kier alpha value is -1.60. The van der Waals surface area contributed by atoms with Crippen LogP contribution >= 0.6 is 15.9 Å². The fraction of sp³-hybridized carbons (Fsp3) is 0.429. The van der Waals surface area contributed by atoms with E-state index in [4.69, 9.17) is 5.11 Å². The van der Waals surface area contributed by atoms with E-state index in [1.165, 1.54) is 6.07 Å². The number of carboxylic acid groups (broad SMARTS) is 1. The van der Waals surface area contributed by atoms with E-state index in [0.29, 0.717) is 29.3 Å². The fourth-order valence-corrected chi connectivity index (χ4v) is 2.62. The van der Waals surface area contributed by atoms with Crippen molar-refractivity contribution in [2.75, 3.05) is 32.0 Å². The number of amides is 2. The lowest BCUT2D eigenvalue weighted by atomic mass is 10.2. The Bertz CT molecular complexity index is 564. The zero-order chi connectivity index (χ0) is 15.6. The molecular formula is C14H18BrN3O3. The molecule has 0 radical (unpaired) electrons. The Kier molecular flexibility index (Phi) is 4.84. The Morgan fingerprint density at radius 1 is 1.38 bits per heavy atom. The van der Waals surface area contributed by atoms with Crippen LogP contribution in [0.3, 0.4) is 0 Å². The maximum Gasteiger partial charge on any atom is 0.336 e. The highest BCUT2D eigenvalue weighted by Gasteiger charge is 2.24. The van der Waals surface area contributed by atoms with Crippen LogP contribution < -0.4 is 5.32 Å². The minimum absolute atomic E-state index is 0.125. The Labute approximate surface area is 131 Å². The van der Waals surface area contributed by atoms with Crippen molar-refractivity contribution < 1.29 is 14.7 Å². The molecule has 1 heterocycles. The molecule has 1 atom stereocenters. The SMILES string of the molecule is CC1CN(C(=O)Nc2ccc(Br)c(C(=O)O)c2)CCN1C. The van der Waals surface area contributed by atoms with Gasteiger partial charge in [0.25, 0.3) is 0 Å². The molecule has 1 aliphatic heterocycles. The van der Waals surface area contributed by atoms with Crippen LogP contribution in [0.15, 0.2) is 22.7 Å². The molecule has 7 heteroatoms. The molecule has 1 aromatic rings. The maximum atomic E-state index is 12.2. The zero-order valence-corrected chi connectivity index (χ0v) is 13.6. The summed E-state index contributed by atoms with van der Waals surface area (Å²) >= 11 is 3.18. The lowest BCUT2D eigenvalue weighted by Crippen LogP contribution is -2.53. The van der Waals surface area contributed by atoms with Crippen molar-refractivity contribution in [3.8, 4) is 0 Å². The van der Waals surface area contributed by atoms with Gasteiger partial charge >= 0.3 is 12.0 Å². The number of anilines is 1. The number of nitrogens with one attached hydrogen (secondary N) is 1. The summed E-state index contributed by atoms with van der Waals surface area (Å²) in [4.78, 5) is 27.2. The summed E-state index contributed by atoms with van der Waals surface area (Å²) in [5.41, 5.74) is 0.603. The average Bonchev–Trinajstić information content (AvgIpc) is 2.43. The monoisotopic (exact) mass is 355 g/mol. The molecule has 0 spiro atoms. The first-order chi connectivity index (χ1) is 9.88. The van der Waals surface area contributed by atoms with Gasteiger partial charge in [-0.05, 0) is 48.1 Å². The standard InChI is InChI=1S/C14H18BrN3O3/c1-9-8-18(6-5-17(9)2)14(21)16-10-3-4-12(15)11(7-10)13(19)20/h3-4,7,9H,5-6,8H2,1-2H3,(H,16,21)(H,19,20). The molecule has 1 fully saturated rings. The third-order valence-corrected chi connectivity index (χ3v) is 4.39. The summed E-state index contributed by atoms with van der Waals surface area (Å²) in [5.74, 6) is -1.04. The van der Waals surface area contributed by atoms with E-state index in [1.807, 2.05) is 7.05 Å². The number of aromatic carboxylic acids is 1. The molecular weight excluding hydrogens is 338 g/mol. The number of hydrogen-bond acceptors (Lipinski definition) is 3. The summed E-state index contributed by atoms with van der Waals surface area (Å²) < 4.78 is 0.487. The van der Waals surface area contributed by atoms with Crippen molar-refractivity contribution in [1.82, 2.24) is 9.80 Å². The first-order valence-corrected chi connectivity index (χ1v) is 7.47. The van der Waals surface area contributed by atoms with Gasteiger partial charge in [-0.15, -0.1) is 0 Å². The summed E-state index contributed by atoms with van der Waals surface area (Å²) in [6.45, 7) is 4.22. The molecule has 0 aromatic heterocycles. The molecule has 0 aliphatic carbocycles. The number of nitrogens with zero attached hydrogens (tertiary/aromatic N) is 2. The lowest BCUT2D eigenvalue weighted by Gasteiger charge is -2.37. The fourth-order valence-electron chi connectivity index (χ4n) is 2.20. The predicted octanol–water partition coefficient (Wildman–Crippen LogP) is 2.32. The second kappa shape index (κ2) is 6.44. The molecule has 6 nitrogen and oxygen atoms in total. The van der Waals surface area contributed by atoms with Crippen LogP contribution in [-0.4, -0.2) is 59.6 Å². The molecule has 1 saturated heterocycles. The largest absolute Gasteiger partial charge is 0.478 e. The molecule has 2 rings (SSSR count). The molecule has 2 amide bonds. The number of halogens is 1. The topological polar surface area (TPSA) is 72.9 Å². The highest BCUT2D eigenvalue weighted by atomic mass is 79.9. The van der Waals surface area contributed by atoms with E-state index >= 15 is 0 Å². The van der Waals surface area contributed by atoms with Gasteiger partial charge in [-0.2, -0.15) is 0 Å². The maximum absolute atomic E-state index is 12.2. The highest BCUT2D eigenvalue weighted by Crippen LogP contribution is 2.21. The number of benzene rings is 1. The number of urea groups is 1. The molecule has 114 valence electrons. The first kappa shape index (κ1) is 15.8. The molecule has 1 aromatic carbocycles. The van der Waals surface area contributed by atoms with Crippen molar-refractivity contribution in [2.45, 2.75) is 13.0 Å². The molecule has 1 aliphatic rings. The lowest BCUT2D eigenvalue weighted by molar-refractivity contribution is 0.0696. The van der Waals surface area contributed by atoms with Crippen LogP contribution in [0.5, 0.6) is 0 Å². The van der Waals surface area contributed by atoms with Crippen molar-refractivity contribution in [1.29, 1.82) is 0 Å². The normalized spacial score (nSPS) is 19.4. The van der Waals surface area contributed by atoms with Crippen LogP contribution in [0.4, 0.5) is 10.5 Å². The number of hydrogen-bond donors (Lipinski definition) is 2. The van der Waals surface area contributed by atoms with E-state index in [0.717, 1.165) is 6.54 Å². The third-order valence-electron chi connectivity index (χ3n) is 3.69. The second-order valence-electron chi connectivity index (χ2n) is 5.21. The Morgan fingerprint density at radius 2 is 2.10 bits per heavy atom. The molecule has 1 unspecified atom stereocenters. The number of likely N-dealkylation sites (N-methyl/N-ethyl adjacent to an activating group) is 1. The van der Waals surface area contributed by atoms with Crippen LogP contribution in [0.2, 0.25) is 0 Å². The molecule has 21 heavy (non-hydrogen) atoms. The smallest absolute Gasteiger partial charge is 0.336 e. The summed E-state index contributed by atoms with van der Waals surface area (Å²) in [5, 5.41) is 11.8. The summed E-state index contributed by atoms with van der Waals surface area (Å²) in [6.07, 6.45) is 0. The summed E-state index contributed by atoms with van der Waals surface area (Å²) in [7, 11) is 2.04. The van der Waals surface area contributed by atoms with Crippen LogP contribution in [-0.2, 0) is 0 Å². The van der Waals surface area contributed by atoms with Gasteiger partial charge in [0.1, 0.15) is 0 Å². The quantitative estimate of drug-likeness (QED) is 0.853. The van der Waals surface area contributed by atoms with Gasteiger partial charge in [-0.3, -0.25) is 0 Å². The van der Waals surface area contributed by atoms with Crippen molar-refractivity contribution >= 4 is 33.6 Å². The number of carboxylic acids is 1. The average molecular weight is 356 g/mol. The van der Waals surface area contributed by atoms with Gasteiger partial charge in [0.15, 0.2) is 0 Å². The van der Waals surface area contributed by atoms with Gasteiger partial charge in [0.2, 0.25) is 0 Å². The molecule has 2 N–H and O–H groups in total. The number of rotatable bonds is 2. The van der Waals surface area contributed by atoms with Crippen molar-refractivity contribution in [3.05, 3.63) is 28.2 Å². The van der Waals surface area contributed by atoms with E-state index in [-0.39, 0.29) is 11.6 Å². The van der Waals surface area contributed by atoms with Crippen LogP contribution in [0.25, 0.3) is 0 Å². The Balaban J connectivity index is 2.06. The minimum atomic E-state index is -1.04. The second-order valence-corrected chi connectivity index (χ2v) is 6.06. The first-order valence-electron chi connectivity index (χ1n) is 6.67. The highest BCUT2D eigenvalue weighted by molar-refractivity contribution is 9.10. The van der Waals surface area contributed by atoms with Gasteiger partial charge in [0.05, 0.1) is 5.56 Å². The van der Waals surface area contributed by atoms with Gasteiger partial charge in [-0.1, -0.05) is 0 Å². The summed E-state index contributed by atoms with van der Waals surface area (Å²) in [6, 6.07) is 4.85. The Morgan fingerprint density at radius 3 is 2.71 bits per heavy atom. The molecule has 0 saturated carbocycles. The van der Waals surface area contributed by atoms with Crippen LogP contribution in [0, 0.1) is 0 Å². The van der Waals surface area contributed by atoms with Crippen molar-refractivity contribution in [2.24, 2.45) is 0 Å². The minimum Gasteiger partial charge on any atom is -0.478 e. The van der Waals surface area contributed by atoms with Crippen LogP contribution in [0.1, 0.15) is 17.3 Å². The third kappa shape index (κ3) is 3.74. The zero-order valence-electron chi connectivity index (χ0n) is 12.0. The van der Waals surface area contributed by atoms with E-state index in [2.05, 4.69) is 33.1 Å². The number of piperazine rings is 1. The van der Waals surface area contributed by atoms with E-state index < -0.39 is 5.97 Å². The van der Waals surface area contributed by atoms with E-state index in [1.54, 1.807) is 17.0 Å². The van der Waals surface area contributed by atoms with Gasteiger partial charge < -0.3 is 20.2 Å². The van der Waals surface area contributed by atoms with E-state index in [9.17, 15) is 9.59 Å². The van der Waals surface area contributed by atoms with Crippen molar-refractivity contribution in [3.63, 3.8) is 0 Å². The number of carbonyl (C=O) groups is 2. The molecule has 0 bridgehead atoms. The van der Waals surface area contributed by atoms with Gasteiger partial charge in [0, 0.05) is 35.8 Å². The number of carbonyl (C=O) groups excluding carboxylic acids is 1.